The number of aromatic nitrogens is 2. The average molecular weight is 418 g/mol. The number of hydrogen-bond donors (Lipinski definition) is 0. The second-order valence-corrected chi connectivity index (χ2v) is 7.85. The Morgan fingerprint density at radius 2 is 1.80 bits per heavy atom. The van der Waals surface area contributed by atoms with Gasteiger partial charge in [0, 0.05) is 24.6 Å². The van der Waals surface area contributed by atoms with Crippen molar-refractivity contribution in [1.82, 2.24) is 9.38 Å². The lowest BCUT2D eigenvalue weighted by atomic mass is 10.1. The molecule has 0 saturated carbocycles. The molecule has 150 valence electrons. The fourth-order valence-corrected chi connectivity index (χ4v) is 4.25. The van der Waals surface area contributed by atoms with E-state index in [-0.39, 0.29) is 11.1 Å². The molecule has 2 heterocycles. The van der Waals surface area contributed by atoms with Crippen LogP contribution in [0.2, 0.25) is 0 Å². The largest absolute Gasteiger partial charge is 0.427 e. The van der Waals surface area contributed by atoms with Gasteiger partial charge in [-0.2, -0.15) is 4.98 Å². The Labute approximate surface area is 175 Å². The number of hydrogen-bond acceptors (Lipinski definition) is 6. The van der Waals surface area contributed by atoms with Crippen LogP contribution >= 0.6 is 11.3 Å². The van der Waals surface area contributed by atoms with Gasteiger partial charge in [0.1, 0.15) is 5.75 Å². The van der Waals surface area contributed by atoms with Crippen LogP contribution in [0.5, 0.6) is 5.75 Å². The molecule has 0 bridgehead atoms. The third-order valence-electron chi connectivity index (χ3n) is 4.70. The van der Waals surface area contributed by atoms with Gasteiger partial charge in [0.15, 0.2) is 0 Å². The fraction of sp³-hybridized carbons (Fsp3) is 0.130. The second-order valence-electron chi connectivity index (χ2n) is 6.84. The van der Waals surface area contributed by atoms with Gasteiger partial charge in [-0.05, 0) is 36.3 Å². The van der Waals surface area contributed by atoms with E-state index in [1.165, 1.54) is 22.7 Å². The van der Waals surface area contributed by atoms with Gasteiger partial charge in [0.25, 0.3) is 11.1 Å². The van der Waals surface area contributed by atoms with E-state index in [0.717, 1.165) is 11.1 Å². The van der Waals surface area contributed by atoms with Crippen LogP contribution in [0.3, 0.4) is 0 Å². The van der Waals surface area contributed by atoms with Crippen molar-refractivity contribution in [2.75, 3.05) is 0 Å². The lowest BCUT2D eigenvalue weighted by Crippen LogP contribution is -2.27. The molecule has 30 heavy (non-hydrogen) atoms. The molecular weight excluding hydrogens is 400 g/mol. The summed E-state index contributed by atoms with van der Waals surface area (Å²) in [6, 6.07) is 16.5. The van der Waals surface area contributed by atoms with Crippen LogP contribution in [0, 0.1) is 6.92 Å². The molecule has 0 radical (unpaired) electrons. The van der Waals surface area contributed by atoms with Crippen LogP contribution in [-0.2, 0) is 11.2 Å². The maximum absolute atomic E-state index is 13.0. The number of esters is 1. The first-order valence-corrected chi connectivity index (χ1v) is 10.1. The molecule has 0 fully saturated rings. The zero-order valence-corrected chi connectivity index (χ0v) is 17.2. The minimum Gasteiger partial charge on any atom is -0.427 e. The van der Waals surface area contributed by atoms with Crippen molar-refractivity contribution in [3.8, 4) is 5.75 Å². The molecule has 0 N–H and O–H groups in total. The maximum atomic E-state index is 13.0. The molecule has 6 nitrogen and oxygen atoms in total. The Morgan fingerprint density at radius 3 is 2.47 bits per heavy atom. The van der Waals surface area contributed by atoms with E-state index in [9.17, 15) is 14.4 Å². The Bertz CT molecular complexity index is 1400. The highest BCUT2D eigenvalue weighted by Crippen LogP contribution is 2.14. The zero-order chi connectivity index (χ0) is 21.3. The third-order valence-corrected chi connectivity index (χ3v) is 5.67. The Kier molecular flexibility index (Phi) is 5.29. The summed E-state index contributed by atoms with van der Waals surface area (Å²) >= 11 is 1.18. The summed E-state index contributed by atoms with van der Waals surface area (Å²) in [5.41, 5.74) is 2.38. The quantitative estimate of drug-likeness (QED) is 0.376. The van der Waals surface area contributed by atoms with Gasteiger partial charge in [-0.1, -0.05) is 53.8 Å². The summed E-state index contributed by atoms with van der Waals surface area (Å²) < 4.78 is 7.00. The van der Waals surface area contributed by atoms with Gasteiger partial charge >= 0.3 is 5.97 Å². The topological polar surface area (TPSA) is 77.7 Å². The maximum Gasteiger partial charge on any atom is 0.308 e. The van der Waals surface area contributed by atoms with Crippen LogP contribution in [0.25, 0.3) is 11.0 Å². The number of nitrogens with zero attached hydrogens (tertiary/aromatic N) is 2. The summed E-state index contributed by atoms with van der Waals surface area (Å²) in [4.78, 5) is 41.2. The van der Waals surface area contributed by atoms with Gasteiger partial charge in [-0.15, -0.1) is 0 Å². The number of carbonyl (C=O) groups is 1. The van der Waals surface area contributed by atoms with Crippen LogP contribution in [0.15, 0.2) is 64.2 Å². The van der Waals surface area contributed by atoms with E-state index in [2.05, 4.69) is 4.98 Å². The van der Waals surface area contributed by atoms with E-state index < -0.39 is 5.97 Å². The number of aryl methyl sites for hydroxylation is 1. The number of fused-ring (bicyclic) bond motifs is 1. The number of benzene rings is 2. The molecule has 2 aromatic heterocycles. The van der Waals surface area contributed by atoms with Crippen LogP contribution in [0.4, 0.5) is 0 Å². The highest BCUT2D eigenvalue weighted by Gasteiger charge is 2.14. The van der Waals surface area contributed by atoms with Gasteiger partial charge in [-0.3, -0.25) is 18.8 Å². The van der Waals surface area contributed by atoms with Crippen molar-refractivity contribution in [2.24, 2.45) is 0 Å². The molecule has 0 spiro atoms. The normalized spacial score (nSPS) is 11.7. The van der Waals surface area contributed by atoms with E-state index >= 15 is 0 Å². The lowest BCUT2D eigenvalue weighted by Gasteiger charge is -2.06. The predicted octanol–water partition coefficient (Wildman–Crippen LogP) is 2.49. The van der Waals surface area contributed by atoms with E-state index in [0.29, 0.717) is 32.9 Å². The highest BCUT2D eigenvalue weighted by atomic mass is 32.1. The Hall–Kier alpha value is -3.58. The minimum absolute atomic E-state index is 0.210. The monoisotopic (exact) mass is 418 g/mol. The van der Waals surface area contributed by atoms with Crippen molar-refractivity contribution in [1.29, 1.82) is 0 Å². The third kappa shape index (κ3) is 3.92. The van der Waals surface area contributed by atoms with Gasteiger partial charge < -0.3 is 4.74 Å². The van der Waals surface area contributed by atoms with Gasteiger partial charge in [-0.25, -0.2) is 0 Å². The van der Waals surface area contributed by atoms with Gasteiger partial charge in [0.2, 0.25) is 4.96 Å². The minimum atomic E-state index is -0.393. The summed E-state index contributed by atoms with van der Waals surface area (Å²) in [7, 11) is 0. The molecule has 0 aliphatic rings. The Morgan fingerprint density at radius 1 is 1.10 bits per heavy atom. The second kappa shape index (κ2) is 8.04. The first-order chi connectivity index (χ1) is 14.4. The number of carbonyl (C=O) groups excluding carboxylic acids is 1. The highest BCUT2D eigenvalue weighted by molar-refractivity contribution is 7.15. The van der Waals surface area contributed by atoms with Gasteiger partial charge in [0.05, 0.1) is 4.53 Å². The number of ether oxygens (including phenoxy) is 1. The summed E-state index contributed by atoms with van der Waals surface area (Å²) in [5, 5.41) is 0. The first kappa shape index (κ1) is 19.7. The average Bonchev–Trinajstić information content (AvgIpc) is 3.02. The van der Waals surface area contributed by atoms with E-state index in [4.69, 9.17) is 4.74 Å². The molecule has 0 aliphatic carbocycles. The fourth-order valence-electron chi connectivity index (χ4n) is 3.24. The molecule has 4 rings (SSSR count). The molecular formula is C23H18N2O4S. The SMILES string of the molecule is CC(=O)Oc1ccc(/C=c2/sc3nc(=O)c(Cc4ccccc4)c(C)n3c2=O)cc1. The van der Waals surface area contributed by atoms with Crippen LogP contribution in [-0.4, -0.2) is 15.4 Å². The predicted molar refractivity (Wildman–Crippen MR) is 116 cm³/mol. The molecule has 2 aromatic carbocycles. The lowest BCUT2D eigenvalue weighted by molar-refractivity contribution is -0.131. The zero-order valence-electron chi connectivity index (χ0n) is 16.4. The van der Waals surface area contributed by atoms with Crippen molar-refractivity contribution in [3.63, 3.8) is 0 Å². The van der Waals surface area contributed by atoms with Crippen LogP contribution < -0.4 is 20.4 Å². The molecule has 7 heteroatoms. The van der Waals surface area contributed by atoms with E-state index in [1.807, 2.05) is 30.3 Å². The standard InChI is InChI=1S/C23H18N2O4S/c1-14-19(12-16-6-4-3-5-7-16)21(27)24-23-25(14)22(28)20(30-23)13-17-8-10-18(11-9-17)29-15(2)26/h3-11,13H,12H2,1-2H3/b20-13+. The summed E-state index contributed by atoms with van der Waals surface area (Å²) in [6.07, 6.45) is 2.16. The van der Waals surface area contributed by atoms with Crippen LogP contribution in [0.1, 0.15) is 29.3 Å². The van der Waals surface area contributed by atoms with Crippen molar-refractivity contribution in [3.05, 3.63) is 102 Å². The first-order valence-electron chi connectivity index (χ1n) is 9.31. The smallest absolute Gasteiger partial charge is 0.308 e. The number of rotatable bonds is 4. The molecule has 0 atom stereocenters. The molecule has 0 unspecified atom stereocenters. The van der Waals surface area contributed by atoms with Crippen molar-refractivity contribution >= 4 is 28.3 Å². The van der Waals surface area contributed by atoms with Crippen molar-refractivity contribution < 1.29 is 9.53 Å². The summed E-state index contributed by atoms with van der Waals surface area (Å²) in [6.45, 7) is 3.12. The molecule has 0 amide bonds. The Balaban J connectivity index is 1.78. The molecule has 0 aliphatic heterocycles. The van der Waals surface area contributed by atoms with E-state index in [1.54, 1.807) is 37.3 Å². The number of thiazole rings is 1. The summed E-state index contributed by atoms with van der Waals surface area (Å²) in [5.74, 6) is 0.0440. The van der Waals surface area contributed by atoms with Crippen molar-refractivity contribution in [2.45, 2.75) is 20.3 Å². The molecule has 0 saturated heterocycles. The molecule has 4 aromatic rings.